The second-order valence-corrected chi connectivity index (χ2v) is 4.03. The molecule has 0 rings (SSSR count). The number of esters is 2. The predicted octanol–water partition coefficient (Wildman–Crippen LogP) is 0.730. The second kappa shape index (κ2) is 8.91. The van der Waals surface area contributed by atoms with E-state index < -0.39 is 17.8 Å². The maximum atomic E-state index is 11.2. The first kappa shape index (κ1) is 16.9. The number of rotatable bonds is 7. The third kappa shape index (κ3) is 9.58. The van der Waals surface area contributed by atoms with Crippen LogP contribution in [0.4, 0.5) is 0 Å². The molecule has 0 aliphatic rings. The Hall–Kier alpha value is -2.11. The Labute approximate surface area is 112 Å². The van der Waals surface area contributed by atoms with Crippen LogP contribution in [0.15, 0.2) is 24.3 Å². The lowest BCUT2D eigenvalue weighted by Crippen LogP contribution is -2.26. The first-order valence-corrected chi connectivity index (χ1v) is 5.82. The SMILES string of the molecule is C=C(C)C(=O)OCCNC(=O)/C=C/C(=O)OC(C)C. The summed E-state index contributed by atoms with van der Waals surface area (Å²) in [5.74, 6) is -1.56. The second-order valence-electron chi connectivity index (χ2n) is 4.03. The van der Waals surface area contributed by atoms with E-state index in [0.29, 0.717) is 5.57 Å². The van der Waals surface area contributed by atoms with Crippen molar-refractivity contribution < 1.29 is 23.9 Å². The van der Waals surface area contributed by atoms with Gasteiger partial charge < -0.3 is 14.8 Å². The Morgan fingerprint density at radius 2 is 1.89 bits per heavy atom. The van der Waals surface area contributed by atoms with Crippen LogP contribution < -0.4 is 5.32 Å². The highest BCUT2D eigenvalue weighted by molar-refractivity contribution is 5.94. The van der Waals surface area contributed by atoms with Gasteiger partial charge in [-0.1, -0.05) is 6.58 Å². The molecule has 0 unspecified atom stereocenters. The Balaban J connectivity index is 3.82. The molecule has 0 atom stereocenters. The van der Waals surface area contributed by atoms with Crippen molar-refractivity contribution in [2.24, 2.45) is 0 Å². The minimum absolute atomic E-state index is 0.0434. The molecule has 1 amide bonds. The zero-order chi connectivity index (χ0) is 14.8. The van der Waals surface area contributed by atoms with Crippen molar-refractivity contribution in [1.82, 2.24) is 5.32 Å². The molecule has 1 N–H and O–H groups in total. The Morgan fingerprint density at radius 1 is 1.26 bits per heavy atom. The van der Waals surface area contributed by atoms with Gasteiger partial charge in [-0.05, 0) is 20.8 Å². The van der Waals surface area contributed by atoms with Gasteiger partial charge in [0, 0.05) is 17.7 Å². The topological polar surface area (TPSA) is 81.7 Å². The summed E-state index contributed by atoms with van der Waals surface area (Å²) in [7, 11) is 0. The van der Waals surface area contributed by atoms with Gasteiger partial charge >= 0.3 is 11.9 Å². The van der Waals surface area contributed by atoms with Crippen molar-refractivity contribution in [3.8, 4) is 0 Å². The molecule has 6 heteroatoms. The average Bonchev–Trinajstić information content (AvgIpc) is 2.30. The van der Waals surface area contributed by atoms with E-state index in [0.717, 1.165) is 12.2 Å². The average molecular weight is 269 g/mol. The summed E-state index contributed by atoms with van der Waals surface area (Å²) in [5, 5.41) is 2.45. The first-order chi connectivity index (χ1) is 8.82. The zero-order valence-corrected chi connectivity index (χ0v) is 11.4. The summed E-state index contributed by atoms with van der Waals surface area (Å²) in [6.07, 6.45) is 1.86. The highest BCUT2D eigenvalue weighted by Gasteiger charge is 2.04. The van der Waals surface area contributed by atoms with Crippen LogP contribution in [0, 0.1) is 0 Å². The van der Waals surface area contributed by atoms with Gasteiger partial charge in [0.2, 0.25) is 5.91 Å². The molecular weight excluding hydrogens is 250 g/mol. The van der Waals surface area contributed by atoms with Crippen molar-refractivity contribution in [3.63, 3.8) is 0 Å². The molecule has 0 aliphatic carbocycles. The molecule has 0 aliphatic heterocycles. The normalized spacial score (nSPS) is 10.3. The van der Waals surface area contributed by atoms with Crippen LogP contribution >= 0.6 is 0 Å². The van der Waals surface area contributed by atoms with E-state index in [9.17, 15) is 14.4 Å². The van der Waals surface area contributed by atoms with Gasteiger partial charge in [0.1, 0.15) is 6.61 Å². The van der Waals surface area contributed by atoms with Gasteiger partial charge in [-0.15, -0.1) is 0 Å². The standard InChI is InChI=1S/C13H19NO5/c1-9(2)13(17)18-8-7-14-11(15)5-6-12(16)19-10(3)4/h5-6,10H,1,7-8H2,2-4H3,(H,14,15)/b6-5+. The van der Waals surface area contributed by atoms with E-state index in [4.69, 9.17) is 9.47 Å². The molecule has 6 nitrogen and oxygen atoms in total. The zero-order valence-electron chi connectivity index (χ0n) is 11.4. The van der Waals surface area contributed by atoms with Crippen LogP contribution in [0.5, 0.6) is 0 Å². The van der Waals surface area contributed by atoms with E-state index in [1.54, 1.807) is 13.8 Å². The fourth-order valence-corrected chi connectivity index (χ4v) is 0.915. The summed E-state index contributed by atoms with van der Waals surface area (Å²) in [6.45, 7) is 8.57. The smallest absolute Gasteiger partial charge is 0.333 e. The molecule has 0 bridgehead atoms. The third-order valence-electron chi connectivity index (χ3n) is 1.71. The molecule has 19 heavy (non-hydrogen) atoms. The van der Waals surface area contributed by atoms with Crippen molar-refractivity contribution in [2.75, 3.05) is 13.2 Å². The van der Waals surface area contributed by atoms with E-state index in [2.05, 4.69) is 11.9 Å². The van der Waals surface area contributed by atoms with E-state index >= 15 is 0 Å². The number of carbonyl (C=O) groups excluding carboxylic acids is 3. The molecule has 0 radical (unpaired) electrons. The summed E-state index contributed by atoms with van der Waals surface area (Å²) in [4.78, 5) is 33.3. The molecule has 106 valence electrons. The van der Waals surface area contributed by atoms with E-state index in [1.807, 2.05) is 0 Å². The van der Waals surface area contributed by atoms with Crippen molar-refractivity contribution in [3.05, 3.63) is 24.3 Å². The molecule has 0 aromatic rings. The predicted molar refractivity (Wildman–Crippen MR) is 69.2 cm³/mol. The molecule has 0 saturated carbocycles. The quantitative estimate of drug-likeness (QED) is 0.418. The number of hydrogen-bond donors (Lipinski definition) is 1. The minimum Gasteiger partial charge on any atom is -0.460 e. The van der Waals surface area contributed by atoms with Crippen molar-refractivity contribution in [2.45, 2.75) is 26.9 Å². The number of nitrogens with one attached hydrogen (secondary N) is 1. The van der Waals surface area contributed by atoms with E-state index in [1.165, 1.54) is 6.92 Å². The van der Waals surface area contributed by atoms with Gasteiger partial charge in [-0.3, -0.25) is 4.79 Å². The fraction of sp³-hybridized carbons (Fsp3) is 0.462. The van der Waals surface area contributed by atoms with Gasteiger partial charge in [0.15, 0.2) is 0 Å². The van der Waals surface area contributed by atoms with Gasteiger partial charge in [-0.2, -0.15) is 0 Å². The number of ether oxygens (including phenoxy) is 2. The molecule has 0 fully saturated rings. The number of hydrogen-bond acceptors (Lipinski definition) is 5. The Kier molecular flexibility index (Phi) is 7.92. The van der Waals surface area contributed by atoms with Gasteiger partial charge in [0.05, 0.1) is 12.6 Å². The fourth-order valence-electron chi connectivity index (χ4n) is 0.915. The maximum absolute atomic E-state index is 11.2. The highest BCUT2D eigenvalue weighted by Crippen LogP contribution is 1.91. The molecule has 0 saturated heterocycles. The van der Waals surface area contributed by atoms with Crippen LogP contribution in [-0.2, 0) is 23.9 Å². The van der Waals surface area contributed by atoms with Crippen LogP contribution in [0.3, 0.4) is 0 Å². The molecule has 0 spiro atoms. The largest absolute Gasteiger partial charge is 0.460 e. The van der Waals surface area contributed by atoms with Crippen molar-refractivity contribution in [1.29, 1.82) is 0 Å². The van der Waals surface area contributed by atoms with E-state index in [-0.39, 0.29) is 19.3 Å². The van der Waals surface area contributed by atoms with Crippen LogP contribution in [-0.4, -0.2) is 37.1 Å². The lowest BCUT2D eigenvalue weighted by Gasteiger charge is -2.05. The van der Waals surface area contributed by atoms with Gasteiger partial charge in [-0.25, -0.2) is 9.59 Å². The van der Waals surface area contributed by atoms with Crippen LogP contribution in [0.25, 0.3) is 0 Å². The lowest BCUT2D eigenvalue weighted by molar-refractivity contribution is -0.141. The summed E-state index contributed by atoms with van der Waals surface area (Å²) in [6, 6.07) is 0. The summed E-state index contributed by atoms with van der Waals surface area (Å²) in [5.41, 5.74) is 0.294. The lowest BCUT2D eigenvalue weighted by atomic mass is 10.4. The molecule has 0 aromatic carbocycles. The van der Waals surface area contributed by atoms with Crippen LogP contribution in [0.1, 0.15) is 20.8 Å². The summed E-state index contributed by atoms with van der Waals surface area (Å²) < 4.78 is 9.56. The van der Waals surface area contributed by atoms with Crippen LogP contribution in [0.2, 0.25) is 0 Å². The molecular formula is C13H19NO5. The van der Waals surface area contributed by atoms with Crippen molar-refractivity contribution >= 4 is 17.8 Å². The Bertz CT molecular complexity index is 384. The Morgan fingerprint density at radius 3 is 2.42 bits per heavy atom. The highest BCUT2D eigenvalue weighted by atomic mass is 16.5. The third-order valence-corrected chi connectivity index (χ3v) is 1.71. The monoisotopic (exact) mass is 269 g/mol. The molecule has 0 aromatic heterocycles. The molecule has 0 heterocycles. The number of amides is 1. The minimum atomic E-state index is -0.584. The van der Waals surface area contributed by atoms with Gasteiger partial charge in [0.25, 0.3) is 0 Å². The number of carbonyl (C=O) groups is 3. The maximum Gasteiger partial charge on any atom is 0.333 e. The summed E-state index contributed by atoms with van der Waals surface area (Å²) >= 11 is 0. The first-order valence-electron chi connectivity index (χ1n) is 5.82.